The first kappa shape index (κ1) is 15.0. The Bertz CT molecular complexity index is 434. The van der Waals surface area contributed by atoms with Gasteiger partial charge in [0.05, 0.1) is 10.7 Å². The number of likely N-dealkylation sites (tertiary alicyclic amines) is 1. The minimum Gasteiger partial charge on any atom is -0.384 e. The van der Waals surface area contributed by atoms with Crippen LogP contribution < -0.4 is 5.32 Å². The van der Waals surface area contributed by atoms with Crippen molar-refractivity contribution in [2.75, 3.05) is 25.5 Å². The highest BCUT2D eigenvalue weighted by atomic mass is 35.5. The van der Waals surface area contributed by atoms with Crippen molar-refractivity contribution in [1.82, 2.24) is 4.90 Å². The topological polar surface area (TPSA) is 15.3 Å². The fourth-order valence-corrected chi connectivity index (χ4v) is 3.11. The summed E-state index contributed by atoms with van der Waals surface area (Å²) in [7, 11) is 2.22. The van der Waals surface area contributed by atoms with Crippen LogP contribution in [0.4, 0.5) is 5.69 Å². The molecule has 1 N–H and O–H groups in total. The number of hydrogen-bond acceptors (Lipinski definition) is 2. The summed E-state index contributed by atoms with van der Waals surface area (Å²) in [4.78, 5) is 2.47. The van der Waals surface area contributed by atoms with E-state index in [9.17, 15) is 0 Å². The Morgan fingerprint density at radius 3 is 2.79 bits per heavy atom. The van der Waals surface area contributed by atoms with Crippen LogP contribution in [0.25, 0.3) is 0 Å². The molecule has 1 saturated heterocycles. The number of anilines is 1. The molecule has 1 aliphatic rings. The molecular weight excluding hydrogens is 279 g/mol. The average Bonchev–Trinajstić information content (AvgIpc) is 2.38. The fraction of sp³-hybridized carbons (Fsp3) is 0.600. The number of piperidine rings is 1. The van der Waals surface area contributed by atoms with Crippen molar-refractivity contribution in [3.63, 3.8) is 0 Å². The van der Waals surface area contributed by atoms with Crippen LogP contribution in [-0.4, -0.2) is 31.1 Å². The van der Waals surface area contributed by atoms with E-state index in [4.69, 9.17) is 23.2 Å². The van der Waals surface area contributed by atoms with Gasteiger partial charge in [-0.3, -0.25) is 0 Å². The molecule has 19 heavy (non-hydrogen) atoms. The number of benzene rings is 1. The van der Waals surface area contributed by atoms with E-state index in [1.807, 2.05) is 19.1 Å². The van der Waals surface area contributed by atoms with E-state index in [0.717, 1.165) is 34.3 Å². The van der Waals surface area contributed by atoms with Gasteiger partial charge in [-0.2, -0.15) is 0 Å². The van der Waals surface area contributed by atoms with Gasteiger partial charge >= 0.3 is 0 Å². The van der Waals surface area contributed by atoms with Gasteiger partial charge in [0.15, 0.2) is 0 Å². The summed E-state index contributed by atoms with van der Waals surface area (Å²) in [6, 6.07) is 4.53. The number of rotatable bonds is 4. The molecule has 0 amide bonds. The van der Waals surface area contributed by atoms with Gasteiger partial charge in [0.1, 0.15) is 0 Å². The Hall–Kier alpha value is -0.440. The van der Waals surface area contributed by atoms with Crippen molar-refractivity contribution in [3.05, 3.63) is 27.7 Å². The smallest absolute Gasteiger partial charge is 0.0641 e. The third-order valence-corrected chi connectivity index (χ3v) is 4.68. The van der Waals surface area contributed by atoms with Gasteiger partial charge in [-0.1, -0.05) is 29.6 Å². The summed E-state index contributed by atoms with van der Waals surface area (Å²) >= 11 is 12.3. The second-order valence-electron chi connectivity index (χ2n) is 5.43. The van der Waals surface area contributed by atoms with E-state index in [2.05, 4.69) is 17.3 Å². The number of nitrogens with one attached hydrogen (secondary N) is 1. The minimum absolute atomic E-state index is 0.695. The lowest BCUT2D eigenvalue weighted by molar-refractivity contribution is 0.179. The molecule has 0 aliphatic carbocycles. The number of aryl methyl sites for hydroxylation is 1. The zero-order valence-electron chi connectivity index (χ0n) is 11.7. The quantitative estimate of drug-likeness (QED) is 0.875. The first-order chi connectivity index (χ1) is 9.08. The molecule has 1 aliphatic heterocycles. The van der Waals surface area contributed by atoms with Crippen LogP contribution in [0.2, 0.25) is 10.0 Å². The van der Waals surface area contributed by atoms with Crippen molar-refractivity contribution >= 4 is 28.9 Å². The van der Waals surface area contributed by atoms with Crippen LogP contribution in [0, 0.1) is 6.92 Å². The normalized spacial score (nSPS) is 20.5. The number of nitrogens with zero attached hydrogens (tertiary/aromatic N) is 1. The summed E-state index contributed by atoms with van der Waals surface area (Å²) in [5.74, 6) is 0. The minimum atomic E-state index is 0.695. The summed E-state index contributed by atoms with van der Waals surface area (Å²) in [5.41, 5.74) is 1.96. The number of hydrogen-bond donors (Lipinski definition) is 1. The summed E-state index contributed by atoms with van der Waals surface area (Å²) < 4.78 is 0. The molecule has 0 saturated carbocycles. The van der Waals surface area contributed by atoms with Crippen molar-refractivity contribution < 1.29 is 0 Å². The Balaban J connectivity index is 1.87. The van der Waals surface area contributed by atoms with Crippen molar-refractivity contribution in [3.8, 4) is 0 Å². The van der Waals surface area contributed by atoms with E-state index in [0.29, 0.717) is 6.04 Å². The van der Waals surface area contributed by atoms with Crippen molar-refractivity contribution in [1.29, 1.82) is 0 Å². The molecule has 0 aromatic heterocycles. The predicted octanol–water partition coefficient (Wildman–Crippen LogP) is 4.59. The lowest BCUT2D eigenvalue weighted by atomic mass is 10.0. The Labute approximate surface area is 126 Å². The molecule has 0 bridgehead atoms. The SMILES string of the molecule is Cc1cc(Cl)c(NCCC2CCCCN2C)cc1Cl. The molecule has 0 spiro atoms. The van der Waals surface area contributed by atoms with E-state index in [1.165, 1.54) is 25.8 Å². The van der Waals surface area contributed by atoms with Gasteiger partial charge in [0.25, 0.3) is 0 Å². The second kappa shape index (κ2) is 6.83. The zero-order chi connectivity index (χ0) is 13.8. The van der Waals surface area contributed by atoms with Gasteiger partial charge in [-0.25, -0.2) is 0 Å². The lowest BCUT2D eigenvalue weighted by Gasteiger charge is -2.32. The van der Waals surface area contributed by atoms with Gasteiger partial charge in [-0.05, 0) is 57.5 Å². The molecule has 1 heterocycles. The summed E-state index contributed by atoms with van der Waals surface area (Å²) in [6.07, 6.45) is 5.14. The number of halogens is 2. The maximum atomic E-state index is 6.22. The van der Waals surface area contributed by atoms with E-state index >= 15 is 0 Å². The van der Waals surface area contributed by atoms with Crippen LogP contribution in [0.3, 0.4) is 0 Å². The molecule has 1 fully saturated rings. The van der Waals surface area contributed by atoms with Crippen LogP contribution in [0.1, 0.15) is 31.2 Å². The fourth-order valence-electron chi connectivity index (χ4n) is 2.66. The third kappa shape index (κ3) is 4.01. The standard InChI is InChI=1S/C15H22Cl2N2/c1-11-9-14(17)15(10-13(11)16)18-7-6-12-5-3-4-8-19(12)2/h9-10,12,18H,3-8H2,1-2H3. The van der Waals surface area contributed by atoms with E-state index in [-0.39, 0.29) is 0 Å². The molecule has 106 valence electrons. The van der Waals surface area contributed by atoms with Gasteiger partial charge < -0.3 is 10.2 Å². The first-order valence-electron chi connectivity index (χ1n) is 6.97. The molecule has 1 aromatic carbocycles. The molecule has 0 radical (unpaired) electrons. The summed E-state index contributed by atoms with van der Waals surface area (Å²) in [5, 5.41) is 4.92. The molecule has 1 atom stereocenters. The molecular formula is C15H22Cl2N2. The van der Waals surface area contributed by atoms with Crippen LogP contribution in [-0.2, 0) is 0 Å². The largest absolute Gasteiger partial charge is 0.384 e. The van der Waals surface area contributed by atoms with Crippen LogP contribution in [0.15, 0.2) is 12.1 Å². The predicted molar refractivity (Wildman–Crippen MR) is 84.6 cm³/mol. The van der Waals surface area contributed by atoms with Crippen LogP contribution in [0.5, 0.6) is 0 Å². The molecule has 1 unspecified atom stereocenters. The van der Waals surface area contributed by atoms with Crippen LogP contribution >= 0.6 is 23.2 Å². The highest BCUT2D eigenvalue weighted by Crippen LogP contribution is 2.29. The van der Waals surface area contributed by atoms with Gasteiger partial charge in [0, 0.05) is 17.6 Å². The van der Waals surface area contributed by atoms with E-state index in [1.54, 1.807) is 0 Å². The zero-order valence-corrected chi connectivity index (χ0v) is 13.2. The Morgan fingerprint density at radius 2 is 2.05 bits per heavy atom. The third-order valence-electron chi connectivity index (χ3n) is 3.96. The maximum absolute atomic E-state index is 6.22. The Morgan fingerprint density at radius 1 is 1.26 bits per heavy atom. The van der Waals surface area contributed by atoms with E-state index < -0.39 is 0 Å². The van der Waals surface area contributed by atoms with Crippen molar-refractivity contribution in [2.24, 2.45) is 0 Å². The molecule has 1 aromatic rings. The molecule has 2 nitrogen and oxygen atoms in total. The van der Waals surface area contributed by atoms with Gasteiger partial charge in [0.2, 0.25) is 0 Å². The average molecular weight is 301 g/mol. The summed E-state index contributed by atoms with van der Waals surface area (Å²) in [6.45, 7) is 4.13. The lowest BCUT2D eigenvalue weighted by Crippen LogP contribution is -2.37. The first-order valence-corrected chi connectivity index (χ1v) is 7.73. The molecule has 4 heteroatoms. The molecule has 2 rings (SSSR count). The van der Waals surface area contributed by atoms with Gasteiger partial charge in [-0.15, -0.1) is 0 Å². The highest BCUT2D eigenvalue weighted by Gasteiger charge is 2.18. The monoisotopic (exact) mass is 300 g/mol. The van der Waals surface area contributed by atoms with Crippen molar-refractivity contribution in [2.45, 2.75) is 38.6 Å². The highest BCUT2D eigenvalue weighted by molar-refractivity contribution is 6.35. The maximum Gasteiger partial charge on any atom is 0.0641 e. The second-order valence-corrected chi connectivity index (χ2v) is 6.24. The Kier molecular flexibility index (Phi) is 5.37.